The molecular formula is C10H13NO4. The number of rotatable bonds is 4. The van der Waals surface area contributed by atoms with Crippen LogP contribution in [-0.2, 0) is 14.4 Å². The van der Waals surface area contributed by atoms with Gasteiger partial charge < -0.3 is 5.11 Å². The number of aliphatic carboxylic acids is 1. The van der Waals surface area contributed by atoms with E-state index >= 15 is 0 Å². The van der Waals surface area contributed by atoms with Gasteiger partial charge in [0.15, 0.2) is 0 Å². The second-order valence-electron chi connectivity index (χ2n) is 4.18. The maximum atomic E-state index is 11.5. The molecule has 15 heavy (non-hydrogen) atoms. The van der Waals surface area contributed by atoms with Crippen molar-refractivity contribution >= 4 is 17.8 Å². The van der Waals surface area contributed by atoms with E-state index in [-0.39, 0.29) is 30.2 Å². The number of carboxylic acids is 1. The molecule has 3 atom stereocenters. The monoisotopic (exact) mass is 211 g/mol. The molecule has 0 aromatic heterocycles. The lowest BCUT2D eigenvalue weighted by Crippen LogP contribution is -2.39. The van der Waals surface area contributed by atoms with Gasteiger partial charge in [0.25, 0.3) is 0 Å². The largest absolute Gasteiger partial charge is 0.481 e. The fraction of sp³-hybridized carbons (Fsp3) is 0.700. The van der Waals surface area contributed by atoms with Crippen molar-refractivity contribution in [1.82, 2.24) is 4.90 Å². The van der Waals surface area contributed by atoms with E-state index in [2.05, 4.69) is 0 Å². The van der Waals surface area contributed by atoms with Gasteiger partial charge in [0.1, 0.15) is 0 Å². The van der Waals surface area contributed by atoms with E-state index in [9.17, 15) is 14.4 Å². The Labute approximate surface area is 87.1 Å². The zero-order valence-electron chi connectivity index (χ0n) is 8.47. The number of carbonyl (C=O) groups excluding carboxylic acids is 2. The molecule has 1 heterocycles. The normalized spacial score (nSPS) is 30.3. The topological polar surface area (TPSA) is 74.7 Å². The summed E-state index contributed by atoms with van der Waals surface area (Å²) >= 11 is 0. The Balaban J connectivity index is 2.03. The van der Waals surface area contributed by atoms with Crippen LogP contribution in [0.25, 0.3) is 0 Å². The highest BCUT2D eigenvalue weighted by Gasteiger charge is 2.59. The first-order valence-electron chi connectivity index (χ1n) is 5.14. The molecule has 1 aliphatic heterocycles. The maximum Gasteiger partial charge on any atom is 0.308 e. The Bertz CT molecular complexity index is 318. The van der Waals surface area contributed by atoms with Crippen molar-refractivity contribution in [3.05, 3.63) is 0 Å². The molecule has 2 amide bonds. The number of fused-ring (bicyclic) bond motifs is 1. The Hall–Kier alpha value is -1.39. The molecule has 82 valence electrons. The van der Waals surface area contributed by atoms with E-state index in [1.807, 2.05) is 0 Å². The van der Waals surface area contributed by atoms with Crippen LogP contribution in [0.15, 0.2) is 0 Å². The van der Waals surface area contributed by atoms with E-state index in [1.54, 1.807) is 6.92 Å². The molecule has 3 unspecified atom stereocenters. The van der Waals surface area contributed by atoms with Crippen molar-refractivity contribution in [1.29, 1.82) is 0 Å². The number of carboxylic acid groups (broad SMARTS) is 1. The summed E-state index contributed by atoms with van der Waals surface area (Å²) in [6.07, 6.45) is 1.10. The van der Waals surface area contributed by atoms with E-state index in [0.29, 0.717) is 12.8 Å². The van der Waals surface area contributed by atoms with Crippen LogP contribution in [-0.4, -0.2) is 34.3 Å². The molecule has 1 saturated carbocycles. The lowest BCUT2D eigenvalue weighted by atomic mass is 10.1. The molecule has 5 heteroatoms. The number of hydrogen-bond donors (Lipinski definition) is 1. The molecule has 0 bridgehead atoms. The summed E-state index contributed by atoms with van der Waals surface area (Å²) < 4.78 is 0. The van der Waals surface area contributed by atoms with Gasteiger partial charge in [-0.2, -0.15) is 0 Å². The summed E-state index contributed by atoms with van der Waals surface area (Å²) in [6, 6.07) is 0. The number of likely N-dealkylation sites (tertiary alicyclic amines) is 1. The number of piperidine rings is 1. The zero-order chi connectivity index (χ0) is 11.2. The van der Waals surface area contributed by atoms with Crippen LogP contribution in [0, 0.1) is 17.8 Å². The van der Waals surface area contributed by atoms with E-state index in [4.69, 9.17) is 5.11 Å². The molecule has 2 rings (SSSR count). The average Bonchev–Trinajstić information content (AvgIpc) is 2.92. The van der Waals surface area contributed by atoms with E-state index in [0.717, 1.165) is 4.90 Å². The Morgan fingerprint density at radius 2 is 2.00 bits per heavy atom. The third kappa shape index (κ3) is 1.52. The summed E-state index contributed by atoms with van der Waals surface area (Å²) in [5, 5.41) is 8.83. The Morgan fingerprint density at radius 3 is 2.40 bits per heavy atom. The number of hydrogen-bond acceptors (Lipinski definition) is 3. The first-order valence-corrected chi connectivity index (χ1v) is 5.14. The standard InChI is InChI=1S/C10H13NO4/c1-2-5(10(14)15)4-11-8(12)6-3-7(6)9(11)13/h5-7H,2-4H2,1H3,(H,14,15). The van der Waals surface area contributed by atoms with Gasteiger partial charge in [-0.3, -0.25) is 19.3 Å². The van der Waals surface area contributed by atoms with Crippen molar-refractivity contribution in [3.8, 4) is 0 Å². The van der Waals surface area contributed by atoms with E-state index in [1.165, 1.54) is 0 Å². The molecule has 0 radical (unpaired) electrons. The van der Waals surface area contributed by atoms with Gasteiger partial charge in [-0.1, -0.05) is 6.92 Å². The Morgan fingerprint density at radius 1 is 1.47 bits per heavy atom. The molecule has 0 spiro atoms. The van der Waals surface area contributed by atoms with Gasteiger partial charge in [-0.15, -0.1) is 0 Å². The fourth-order valence-electron chi connectivity index (χ4n) is 2.03. The number of carbonyl (C=O) groups is 3. The number of nitrogens with zero attached hydrogens (tertiary/aromatic N) is 1. The lowest BCUT2D eigenvalue weighted by Gasteiger charge is -2.19. The van der Waals surface area contributed by atoms with Crippen LogP contribution in [0.1, 0.15) is 19.8 Å². The molecule has 2 aliphatic rings. The van der Waals surface area contributed by atoms with Gasteiger partial charge in [0.05, 0.1) is 17.8 Å². The second kappa shape index (κ2) is 3.32. The van der Waals surface area contributed by atoms with Gasteiger partial charge in [-0.05, 0) is 12.8 Å². The highest BCUT2D eigenvalue weighted by molar-refractivity contribution is 6.09. The van der Waals surface area contributed by atoms with Crippen molar-refractivity contribution < 1.29 is 19.5 Å². The second-order valence-corrected chi connectivity index (χ2v) is 4.18. The van der Waals surface area contributed by atoms with Gasteiger partial charge in [0.2, 0.25) is 11.8 Å². The highest BCUT2D eigenvalue weighted by Crippen LogP contribution is 2.47. The summed E-state index contributed by atoms with van der Waals surface area (Å²) in [5.41, 5.74) is 0. The van der Waals surface area contributed by atoms with Crippen LogP contribution in [0.4, 0.5) is 0 Å². The SMILES string of the molecule is CCC(CN1C(=O)C2CC2C1=O)C(=O)O. The van der Waals surface area contributed by atoms with Crippen LogP contribution in [0.2, 0.25) is 0 Å². The average molecular weight is 211 g/mol. The molecule has 0 aromatic rings. The van der Waals surface area contributed by atoms with Gasteiger partial charge in [0, 0.05) is 6.54 Å². The number of imide groups is 1. The smallest absolute Gasteiger partial charge is 0.308 e. The summed E-state index contributed by atoms with van der Waals surface area (Å²) in [6.45, 7) is 1.78. The van der Waals surface area contributed by atoms with Crippen molar-refractivity contribution in [3.63, 3.8) is 0 Å². The van der Waals surface area contributed by atoms with Crippen LogP contribution >= 0.6 is 0 Å². The Kier molecular flexibility index (Phi) is 2.25. The third-order valence-corrected chi connectivity index (χ3v) is 3.20. The molecule has 1 saturated heterocycles. The molecular weight excluding hydrogens is 198 g/mol. The molecule has 5 nitrogen and oxygen atoms in total. The minimum Gasteiger partial charge on any atom is -0.481 e. The highest BCUT2D eigenvalue weighted by atomic mass is 16.4. The first kappa shape index (κ1) is 10.1. The van der Waals surface area contributed by atoms with Gasteiger partial charge >= 0.3 is 5.97 Å². The predicted octanol–water partition coefficient (Wildman–Crippen LogP) is 0.102. The van der Waals surface area contributed by atoms with E-state index < -0.39 is 11.9 Å². The molecule has 1 N–H and O–H groups in total. The summed E-state index contributed by atoms with van der Waals surface area (Å²) in [7, 11) is 0. The van der Waals surface area contributed by atoms with Crippen molar-refractivity contribution in [2.75, 3.05) is 6.54 Å². The van der Waals surface area contributed by atoms with Crippen molar-refractivity contribution in [2.45, 2.75) is 19.8 Å². The lowest BCUT2D eigenvalue weighted by molar-refractivity contribution is -0.146. The molecule has 1 aliphatic carbocycles. The maximum absolute atomic E-state index is 11.5. The molecule has 0 aromatic carbocycles. The molecule has 2 fully saturated rings. The minimum absolute atomic E-state index is 0.0382. The summed E-state index contributed by atoms with van der Waals surface area (Å²) in [4.78, 5) is 35.0. The zero-order valence-corrected chi connectivity index (χ0v) is 8.47. The summed E-state index contributed by atoms with van der Waals surface area (Å²) in [5.74, 6) is -2.20. The quantitative estimate of drug-likeness (QED) is 0.669. The van der Waals surface area contributed by atoms with Crippen LogP contribution in [0.3, 0.4) is 0 Å². The fourth-order valence-corrected chi connectivity index (χ4v) is 2.03. The van der Waals surface area contributed by atoms with Gasteiger partial charge in [-0.25, -0.2) is 0 Å². The van der Waals surface area contributed by atoms with Crippen molar-refractivity contribution in [2.24, 2.45) is 17.8 Å². The minimum atomic E-state index is -0.946. The van der Waals surface area contributed by atoms with Crippen LogP contribution < -0.4 is 0 Å². The predicted molar refractivity (Wildman–Crippen MR) is 49.7 cm³/mol. The first-order chi connectivity index (χ1) is 7.06. The third-order valence-electron chi connectivity index (χ3n) is 3.20. The van der Waals surface area contributed by atoms with Crippen LogP contribution in [0.5, 0.6) is 0 Å². The number of amides is 2.